The summed E-state index contributed by atoms with van der Waals surface area (Å²) in [6.45, 7) is 2.42. The molecule has 0 radical (unpaired) electrons. The van der Waals surface area contributed by atoms with E-state index in [4.69, 9.17) is 0 Å². The van der Waals surface area contributed by atoms with Crippen molar-refractivity contribution in [1.29, 1.82) is 0 Å². The highest BCUT2D eigenvalue weighted by molar-refractivity contribution is 7.13. The van der Waals surface area contributed by atoms with Crippen LogP contribution in [0.25, 0.3) is 0 Å². The predicted octanol–water partition coefficient (Wildman–Crippen LogP) is 2.13. The number of nitro groups is 1. The topological polar surface area (TPSA) is 93.8 Å². The van der Waals surface area contributed by atoms with Crippen LogP contribution in [-0.4, -0.2) is 23.8 Å². The zero-order valence-corrected chi connectivity index (χ0v) is 9.90. The van der Waals surface area contributed by atoms with Crippen LogP contribution in [0.3, 0.4) is 0 Å². The van der Waals surface area contributed by atoms with Gasteiger partial charge in [0.25, 0.3) is 0 Å². The molecule has 0 bridgehead atoms. The number of rotatable bonds is 5. The molecule has 1 N–H and O–H groups in total. The number of nitrogens with zero attached hydrogens (tertiary/aromatic N) is 2. The maximum Gasteiger partial charge on any atom is 0.433 e. The smallest absolute Gasteiger partial charge is 0.320 e. The number of hydrogen-bond donors (Lipinski definition) is 1. The van der Waals surface area contributed by atoms with Gasteiger partial charge >= 0.3 is 11.1 Å². The van der Waals surface area contributed by atoms with Gasteiger partial charge in [-0.05, 0) is 6.42 Å². The zero-order valence-electron chi connectivity index (χ0n) is 9.08. The lowest BCUT2D eigenvalue weighted by molar-refractivity contribution is -0.380. The Bertz CT molecular complexity index is 430. The first-order valence-corrected chi connectivity index (χ1v) is 5.72. The molecule has 0 saturated carbocycles. The van der Waals surface area contributed by atoms with Crippen LogP contribution in [0.4, 0.5) is 9.80 Å². The first kappa shape index (κ1) is 13.1. The first-order chi connectivity index (χ1) is 8.13. The summed E-state index contributed by atoms with van der Waals surface area (Å²) in [6.07, 6.45) is 1.40. The summed E-state index contributed by atoms with van der Waals surface area (Å²) in [5.74, 6) is 0. The Morgan fingerprint density at radius 2 is 2.53 bits per heavy atom. The van der Waals surface area contributed by atoms with E-state index < -0.39 is 11.0 Å². The summed E-state index contributed by atoms with van der Waals surface area (Å²) in [5, 5.41) is 17.8. The SMILES string of the molecule is CCCNC(=O)O/N=C\c1csc([N+](=O)[O-])c1. The van der Waals surface area contributed by atoms with E-state index in [1.807, 2.05) is 6.92 Å². The largest absolute Gasteiger partial charge is 0.433 e. The molecule has 0 aliphatic heterocycles. The quantitative estimate of drug-likeness (QED) is 0.378. The second-order valence-corrected chi connectivity index (χ2v) is 3.91. The molecule has 0 fully saturated rings. The van der Waals surface area contributed by atoms with Crippen LogP contribution >= 0.6 is 11.3 Å². The maximum absolute atomic E-state index is 11.0. The van der Waals surface area contributed by atoms with E-state index in [-0.39, 0.29) is 5.00 Å². The highest BCUT2D eigenvalue weighted by Crippen LogP contribution is 2.21. The van der Waals surface area contributed by atoms with Gasteiger partial charge in [-0.1, -0.05) is 23.4 Å². The summed E-state index contributed by atoms with van der Waals surface area (Å²) in [7, 11) is 0. The van der Waals surface area contributed by atoms with Crippen molar-refractivity contribution in [3.05, 3.63) is 27.1 Å². The molecule has 0 aliphatic rings. The van der Waals surface area contributed by atoms with Crippen molar-refractivity contribution in [2.45, 2.75) is 13.3 Å². The molecule has 1 heterocycles. The molecule has 0 spiro atoms. The van der Waals surface area contributed by atoms with E-state index in [0.717, 1.165) is 17.8 Å². The third-order valence-corrected chi connectivity index (χ3v) is 2.54. The normalized spacial score (nSPS) is 10.4. The lowest BCUT2D eigenvalue weighted by Crippen LogP contribution is -2.23. The van der Waals surface area contributed by atoms with Crippen LogP contribution in [0.2, 0.25) is 0 Å². The fraction of sp³-hybridized carbons (Fsp3) is 0.333. The van der Waals surface area contributed by atoms with Gasteiger partial charge in [0.05, 0.1) is 11.1 Å². The zero-order chi connectivity index (χ0) is 12.7. The first-order valence-electron chi connectivity index (χ1n) is 4.84. The van der Waals surface area contributed by atoms with E-state index in [1.54, 1.807) is 5.38 Å². The Hall–Kier alpha value is -1.96. The van der Waals surface area contributed by atoms with Gasteiger partial charge in [-0.15, -0.1) is 0 Å². The summed E-state index contributed by atoms with van der Waals surface area (Å²) >= 11 is 0.984. The molecule has 1 amide bonds. The Morgan fingerprint density at radius 3 is 3.12 bits per heavy atom. The highest BCUT2D eigenvalue weighted by Gasteiger charge is 2.08. The van der Waals surface area contributed by atoms with E-state index >= 15 is 0 Å². The molecule has 8 heteroatoms. The van der Waals surface area contributed by atoms with Crippen molar-refractivity contribution < 1.29 is 14.6 Å². The molecule has 0 saturated heterocycles. The second kappa shape index (κ2) is 6.59. The predicted molar refractivity (Wildman–Crippen MR) is 63.3 cm³/mol. The Labute approximate surface area is 101 Å². The number of amides is 1. The van der Waals surface area contributed by atoms with Crippen molar-refractivity contribution in [3.63, 3.8) is 0 Å². The molecule has 7 nitrogen and oxygen atoms in total. The van der Waals surface area contributed by atoms with Gasteiger partial charge in [-0.2, -0.15) is 0 Å². The Morgan fingerprint density at radius 1 is 1.76 bits per heavy atom. The second-order valence-electron chi connectivity index (χ2n) is 3.02. The van der Waals surface area contributed by atoms with E-state index in [1.165, 1.54) is 12.3 Å². The third kappa shape index (κ3) is 4.60. The van der Waals surface area contributed by atoms with Crippen molar-refractivity contribution in [3.8, 4) is 0 Å². The van der Waals surface area contributed by atoms with Gasteiger partial charge < -0.3 is 5.32 Å². The van der Waals surface area contributed by atoms with Gasteiger partial charge in [0.15, 0.2) is 0 Å². The lowest BCUT2D eigenvalue weighted by atomic mass is 10.4. The maximum atomic E-state index is 11.0. The molecule has 1 rings (SSSR count). The van der Waals surface area contributed by atoms with Crippen LogP contribution < -0.4 is 5.32 Å². The minimum absolute atomic E-state index is 0.0156. The van der Waals surface area contributed by atoms with E-state index in [2.05, 4.69) is 15.3 Å². The van der Waals surface area contributed by atoms with Crippen LogP contribution in [0.5, 0.6) is 0 Å². The fourth-order valence-corrected chi connectivity index (χ4v) is 1.57. The van der Waals surface area contributed by atoms with Crippen LogP contribution in [-0.2, 0) is 4.84 Å². The van der Waals surface area contributed by atoms with Gasteiger partial charge in [0.2, 0.25) is 0 Å². The summed E-state index contributed by atoms with van der Waals surface area (Å²) < 4.78 is 0. The molecular weight excluding hydrogens is 246 g/mol. The molecule has 92 valence electrons. The number of carbonyl (C=O) groups excluding carboxylic acids is 1. The number of nitrogens with one attached hydrogen (secondary N) is 1. The van der Waals surface area contributed by atoms with Crippen LogP contribution in [0, 0.1) is 10.1 Å². The molecule has 17 heavy (non-hydrogen) atoms. The van der Waals surface area contributed by atoms with Crippen molar-refractivity contribution in [2.75, 3.05) is 6.54 Å². The molecule has 0 unspecified atom stereocenters. The number of thiophene rings is 1. The Balaban J connectivity index is 2.42. The minimum atomic E-state index is -0.646. The van der Waals surface area contributed by atoms with Gasteiger partial charge in [-0.25, -0.2) is 4.79 Å². The van der Waals surface area contributed by atoms with E-state index in [9.17, 15) is 14.9 Å². The summed E-state index contributed by atoms with van der Waals surface area (Å²) in [4.78, 5) is 25.3. The summed E-state index contributed by atoms with van der Waals surface area (Å²) in [5.41, 5.74) is 0.519. The fourth-order valence-electron chi connectivity index (χ4n) is 0.897. The van der Waals surface area contributed by atoms with Crippen molar-refractivity contribution in [2.24, 2.45) is 5.16 Å². The molecular formula is C9H11N3O4S. The number of hydrogen-bond acceptors (Lipinski definition) is 6. The lowest BCUT2D eigenvalue weighted by Gasteiger charge is -1.98. The van der Waals surface area contributed by atoms with Gasteiger partial charge in [0.1, 0.15) is 0 Å². The average Bonchev–Trinajstić information content (AvgIpc) is 2.75. The monoisotopic (exact) mass is 257 g/mol. The van der Waals surface area contributed by atoms with Crippen molar-refractivity contribution >= 4 is 28.6 Å². The number of carbonyl (C=O) groups is 1. The number of oxime groups is 1. The van der Waals surface area contributed by atoms with Crippen LogP contribution in [0.15, 0.2) is 16.6 Å². The standard InChI is InChI=1S/C9H11N3O4S/c1-2-3-10-9(13)16-11-5-7-4-8(12(14)15)17-6-7/h4-6H,2-3H2,1H3,(H,10,13)/b11-5-. The molecule has 0 aromatic carbocycles. The molecule has 1 aromatic rings. The molecule has 1 aromatic heterocycles. The van der Waals surface area contributed by atoms with E-state index in [0.29, 0.717) is 12.1 Å². The van der Waals surface area contributed by atoms with Gasteiger partial charge in [-0.3, -0.25) is 15.0 Å². The van der Waals surface area contributed by atoms with Crippen molar-refractivity contribution in [1.82, 2.24) is 5.32 Å². The summed E-state index contributed by atoms with van der Waals surface area (Å²) in [6, 6.07) is 1.35. The average molecular weight is 257 g/mol. The minimum Gasteiger partial charge on any atom is -0.320 e. The third-order valence-electron chi connectivity index (χ3n) is 1.64. The van der Waals surface area contributed by atoms with Crippen LogP contribution in [0.1, 0.15) is 18.9 Å². The molecule has 0 atom stereocenters. The molecule has 0 aliphatic carbocycles. The highest BCUT2D eigenvalue weighted by atomic mass is 32.1. The van der Waals surface area contributed by atoms with Gasteiger partial charge in [0, 0.05) is 23.6 Å². The Kier molecular flexibility index (Phi) is 5.08.